The van der Waals surface area contributed by atoms with Crippen molar-refractivity contribution in [3.05, 3.63) is 35.4 Å². The summed E-state index contributed by atoms with van der Waals surface area (Å²) in [6.45, 7) is 3.48. The third kappa shape index (κ3) is 5.92. The summed E-state index contributed by atoms with van der Waals surface area (Å²) < 4.78 is 5.28. The lowest BCUT2D eigenvalue weighted by molar-refractivity contribution is -0.126. The Balaban J connectivity index is 1.83. The highest BCUT2D eigenvalue weighted by atomic mass is 16.5. The number of hydrogen-bond acceptors (Lipinski definition) is 5. The molecule has 7 nitrogen and oxygen atoms in total. The number of morpholine rings is 1. The Morgan fingerprint density at radius 3 is 2.88 bits per heavy atom. The summed E-state index contributed by atoms with van der Waals surface area (Å²) in [5, 5.41) is 8.86. The number of carbonyl (C=O) groups is 2. The maximum atomic E-state index is 12.1. The Morgan fingerprint density at radius 2 is 2.17 bits per heavy atom. The molecular weight excluding hydrogens is 308 g/mol. The number of benzene rings is 1. The predicted molar refractivity (Wildman–Crippen MR) is 91.8 cm³/mol. The zero-order valence-electron chi connectivity index (χ0n) is 14.3. The lowest BCUT2D eigenvalue weighted by Gasteiger charge is -2.22. The van der Waals surface area contributed by atoms with Crippen LogP contribution in [0, 0.1) is 0 Å². The Hall–Kier alpha value is -1.96. The molecule has 0 spiro atoms. The molecule has 0 aliphatic carbocycles. The molecule has 0 saturated carbocycles. The van der Waals surface area contributed by atoms with Gasteiger partial charge in [0.25, 0.3) is 5.91 Å². The highest BCUT2D eigenvalue weighted by Crippen LogP contribution is 2.05. The fourth-order valence-electron chi connectivity index (χ4n) is 2.36. The monoisotopic (exact) mass is 334 g/mol. The van der Waals surface area contributed by atoms with Gasteiger partial charge in [-0.15, -0.1) is 0 Å². The van der Waals surface area contributed by atoms with E-state index in [-0.39, 0.29) is 17.9 Å². The molecular formula is C17H26N4O3. The van der Waals surface area contributed by atoms with Crippen molar-refractivity contribution in [1.29, 1.82) is 0 Å². The van der Waals surface area contributed by atoms with Gasteiger partial charge in [-0.25, -0.2) is 0 Å². The van der Waals surface area contributed by atoms with Gasteiger partial charge in [-0.3, -0.25) is 9.59 Å². The molecule has 0 aromatic heterocycles. The Kier molecular flexibility index (Phi) is 7.17. The molecule has 1 aromatic rings. The molecule has 1 atom stereocenters. The van der Waals surface area contributed by atoms with Crippen LogP contribution in [-0.2, 0) is 16.1 Å². The largest absolute Gasteiger partial charge is 0.378 e. The van der Waals surface area contributed by atoms with E-state index < -0.39 is 0 Å². The number of hydrogen-bond donors (Lipinski definition) is 3. The van der Waals surface area contributed by atoms with Gasteiger partial charge < -0.3 is 25.6 Å². The average Bonchev–Trinajstić information content (AvgIpc) is 2.60. The fourth-order valence-corrected chi connectivity index (χ4v) is 2.36. The molecule has 3 N–H and O–H groups in total. The smallest absolute Gasteiger partial charge is 0.251 e. The molecule has 7 heteroatoms. The van der Waals surface area contributed by atoms with E-state index in [2.05, 4.69) is 16.0 Å². The first-order chi connectivity index (χ1) is 11.6. The van der Waals surface area contributed by atoms with Crippen LogP contribution < -0.4 is 16.0 Å². The summed E-state index contributed by atoms with van der Waals surface area (Å²) in [6.07, 6.45) is 0. The van der Waals surface area contributed by atoms with Crippen molar-refractivity contribution in [3.8, 4) is 0 Å². The molecule has 24 heavy (non-hydrogen) atoms. The Morgan fingerprint density at radius 1 is 1.33 bits per heavy atom. The van der Waals surface area contributed by atoms with E-state index >= 15 is 0 Å². The molecule has 1 unspecified atom stereocenters. The van der Waals surface area contributed by atoms with E-state index in [0.717, 1.165) is 12.1 Å². The second-order valence-corrected chi connectivity index (χ2v) is 6.06. The predicted octanol–water partition coefficient (Wildman–Crippen LogP) is -0.417. The maximum Gasteiger partial charge on any atom is 0.251 e. The van der Waals surface area contributed by atoms with Crippen LogP contribution in [0.3, 0.4) is 0 Å². The van der Waals surface area contributed by atoms with Crippen LogP contribution in [0.5, 0.6) is 0 Å². The van der Waals surface area contributed by atoms with Gasteiger partial charge in [0.2, 0.25) is 5.91 Å². The molecule has 1 fully saturated rings. The van der Waals surface area contributed by atoms with Crippen molar-refractivity contribution in [1.82, 2.24) is 20.9 Å². The average molecular weight is 334 g/mol. The third-order valence-corrected chi connectivity index (χ3v) is 3.74. The minimum Gasteiger partial charge on any atom is -0.378 e. The molecule has 2 amide bonds. The zero-order chi connectivity index (χ0) is 17.4. The third-order valence-electron chi connectivity index (χ3n) is 3.74. The normalized spacial score (nSPS) is 17.5. The van der Waals surface area contributed by atoms with Crippen LogP contribution in [-0.4, -0.2) is 69.7 Å². The van der Waals surface area contributed by atoms with Gasteiger partial charge in [0.1, 0.15) is 6.04 Å². The first-order valence-electron chi connectivity index (χ1n) is 8.17. The van der Waals surface area contributed by atoms with Gasteiger partial charge in [0.05, 0.1) is 13.2 Å². The van der Waals surface area contributed by atoms with E-state index in [1.807, 2.05) is 31.1 Å². The maximum absolute atomic E-state index is 12.1. The zero-order valence-corrected chi connectivity index (χ0v) is 14.3. The SMILES string of the molecule is CN(C)CCNC(=O)c1cccc(CNC(=O)C2COCCN2)c1. The highest BCUT2D eigenvalue weighted by Gasteiger charge is 2.20. The topological polar surface area (TPSA) is 82.7 Å². The van der Waals surface area contributed by atoms with Gasteiger partial charge in [-0.05, 0) is 31.8 Å². The van der Waals surface area contributed by atoms with E-state index in [1.165, 1.54) is 0 Å². The number of nitrogens with zero attached hydrogens (tertiary/aromatic N) is 1. The standard InChI is InChI=1S/C17H26N4O3/c1-21(2)8-6-19-16(22)14-5-3-4-13(10-14)11-20-17(23)15-12-24-9-7-18-15/h3-5,10,15,18H,6-9,11-12H2,1-2H3,(H,19,22)(H,20,23). The van der Waals surface area contributed by atoms with Crippen molar-refractivity contribution < 1.29 is 14.3 Å². The van der Waals surface area contributed by atoms with Crippen LogP contribution in [0.4, 0.5) is 0 Å². The number of rotatable bonds is 7. The highest BCUT2D eigenvalue weighted by molar-refractivity contribution is 5.94. The minimum absolute atomic E-state index is 0.0875. The second-order valence-electron chi connectivity index (χ2n) is 6.06. The van der Waals surface area contributed by atoms with Crippen molar-refractivity contribution in [3.63, 3.8) is 0 Å². The van der Waals surface area contributed by atoms with Gasteiger partial charge in [-0.2, -0.15) is 0 Å². The van der Waals surface area contributed by atoms with Gasteiger partial charge in [0, 0.05) is 31.7 Å². The van der Waals surface area contributed by atoms with Crippen LogP contribution in [0.15, 0.2) is 24.3 Å². The summed E-state index contributed by atoms with van der Waals surface area (Å²) in [6, 6.07) is 6.98. The molecule has 2 rings (SSSR count). The van der Waals surface area contributed by atoms with Crippen molar-refractivity contribution in [2.24, 2.45) is 0 Å². The molecule has 1 aromatic carbocycles. The van der Waals surface area contributed by atoms with E-state index in [4.69, 9.17) is 4.74 Å². The fraction of sp³-hybridized carbons (Fsp3) is 0.529. The summed E-state index contributed by atoms with van der Waals surface area (Å²) in [5.41, 5.74) is 1.49. The van der Waals surface area contributed by atoms with Crippen LogP contribution in [0.1, 0.15) is 15.9 Å². The molecule has 1 aliphatic heterocycles. The first-order valence-corrected chi connectivity index (χ1v) is 8.17. The lowest BCUT2D eigenvalue weighted by atomic mass is 10.1. The molecule has 1 aliphatic rings. The lowest BCUT2D eigenvalue weighted by Crippen LogP contribution is -2.51. The number of likely N-dealkylation sites (N-methyl/N-ethyl adjacent to an activating group) is 1. The molecule has 1 heterocycles. The van der Waals surface area contributed by atoms with Crippen molar-refractivity contribution >= 4 is 11.8 Å². The van der Waals surface area contributed by atoms with Gasteiger partial charge in [0.15, 0.2) is 0 Å². The molecule has 132 valence electrons. The van der Waals surface area contributed by atoms with Gasteiger partial charge in [-0.1, -0.05) is 12.1 Å². The minimum atomic E-state index is -0.309. The van der Waals surface area contributed by atoms with Crippen molar-refractivity contribution in [2.45, 2.75) is 12.6 Å². The molecule has 0 radical (unpaired) electrons. The number of ether oxygens (including phenoxy) is 1. The summed E-state index contributed by atoms with van der Waals surface area (Å²) in [4.78, 5) is 26.2. The van der Waals surface area contributed by atoms with E-state index in [9.17, 15) is 9.59 Å². The Labute approximate surface area is 142 Å². The molecule has 1 saturated heterocycles. The summed E-state index contributed by atoms with van der Waals surface area (Å²) in [7, 11) is 3.92. The second kappa shape index (κ2) is 9.36. The molecule has 0 bridgehead atoms. The van der Waals surface area contributed by atoms with Crippen LogP contribution in [0.2, 0.25) is 0 Å². The number of amides is 2. The number of nitrogens with one attached hydrogen (secondary N) is 3. The quantitative estimate of drug-likeness (QED) is 0.631. The summed E-state index contributed by atoms with van der Waals surface area (Å²) >= 11 is 0. The summed E-state index contributed by atoms with van der Waals surface area (Å²) in [5.74, 6) is -0.192. The van der Waals surface area contributed by atoms with Crippen LogP contribution in [0.25, 0.3) is 0 Å². The van der Waals surface area contributed by atoms with Crippen LogP contribution >= 0.6 is 0 Å². The van der Waals surface area contributed by atoms with Crippen molar-refractivity contribution in [2.75, 3.05) is 46.9 Å². The Bertz CT molecular complexity index is 557. The van der Waals surface area contributed by atoms with Gasteiger partial charge >= 0.3 is 0 Å². The van der Waals surface area contributed by atoms with E-state index in [1.54, 1.807) is 12.1 Å². The number of carbonyl (C=O) groups excluding carboxylic acids is 2. The van der Waals surface area contributed by atoms with E-state index in [0.29, 0.717) is 38.4 Å². The first kappa shape index (κ1) is 18.4.